The highest BCUT2D eigenvalue weighted by Crippen LogP contribution is 2.14. The number of benzene rings is 1. The number of halogens is 2. The highest BCUT2D eigenvalue weighted by molar-refractivity contribution is 6.12. The van der Waals surface area contributed by atoms with Crippen LogP contribution in [0.4, 0.5) is 8.78 Å². The minimum atomic E-state index is -1.23. The van der Waals surface area contributed by atoms with Crippen LogP contribution in [0.2, 0.25) is 0 Å². The van der Waals surface area contributed by atoms with Gasteiger partial charge in [-0.3, -0.25) is 9.59 Å². The van der Waals surface area contributed by atoms with Gasteiger partial charge in [-0.05, 0) is 12.1 Å². The number of carbonyl (C=O) groups is 2. The summed E-state index contributed by atoms with van der Waals surface area (Å²) in [5, 5.41) is 0. The molecule has 0 spiro atoms. The third kappa shape index (κ3) is 2.73. The summed E-state index contributed by atoms with van der Waals surface area (Å²) in [6, 6.07) is 3.27. The van der Waals surface area contributed by atoms with Crippen molar-refractivity contribution in [2.75, 3.05) is 0 Å². The van der Waals surface area contributed by atoms with Gasteiger partial charge in [0.05, 0.1) is 18.3 Å². The second kappa shape index (κ2) is 5.09. The molecule has 19 heavy (non-hydrogen) atoms. The van der Waals surface area contributed by atoms with Crippen LogP contribution in [0.25, 0.3) is 0 Å². The average molecular weight is 264 g/mol. The number of hydrogen-bond acceptors (Lipinski definition) is 3. The molecule has 0 saturated heterocycles. The van der Waals surface area contributed by atoms with Crippen molar-refractivity contribution < 1.29 is 18.4 Å². The molecule has 0 aliphatic heterocycles. The van der Waals surface area contributed by atoms with Gasteiger partial charge in [0.2, 0.25) is 0 Å². The Labute approximate surface area is 107 Å². The Balaban J connectivity index is 2.17. The number of nitrogens with zero attached hydrogens (tertiary/aromatic N) is 2. The van der Waals surface area contributed by atoms with E-state index in [0.717, 1.165) is 12.1 Å². The molecule has 0 bridgehead atoms. The van der Waals surface area contributed by atoms with Crippen molar-refractivity contribution in [3.63, 3.8) is 0 Å². The van der Waals surface area contributed by atoms with Crippen LogP contribution in [0, 0.1) is 11.6 Å². The smallest absolute Gasteiger partial charge is 0.190 e. The van der Waals surface area contributed by atoms with E-state index in [1.165, 1.54) is 18.6 Å². The molecule has 1 aromatic heterocycles. The lowest BCUT2D eigenvalue weighted by Crippen LogP contribution is -2.11. The van der Waals surface area contributed by atoms with Crippen molar-refractivity contribution in [2.24, 2.45) is 7.05 Å². The zero-order chi connectivity index (χ0) is 14.0. The van der Waals surface area contributed by atoms with Crippen molar-refractivity contribution in [1.29, 1.82) is 0 Å². The number of ketones is 2. The molecule has 0 atom stereocenters. The van der Waals surface area contributed by atoms with E-state index in [-0.39, 0.29) is 5.69 Å². The van der Waals surface area contributed by atoms with Crippen LogP contribution < -0.4 is 0 Å². The van der Waals surface area contributed by atoms with E-state index < -0.39 is 35.2 Å². The summed E-state index contributed by atoms with van der Waals surface area (Å²) < 4.78 is 27.9. The number of carbonyl (C=O) groups excluding carboxylic acids is 2. The Morgan fingerprint density at radius 3 is 2.63 bits per heavy atom. The summed E-state index contributed by atoms with van der Waals surface area (Å²) in [6.07, 6.45) is 2.33. The SMILES string of the molecule is Cn1cnc(C(=O)CC(=O)c2cccc(F)c2F)c1. The van der Waals surface area contributed by atoms with Crippen molar-refractivity contribution >= 4 is 11.6 Å². The third-order valence-corrected chi connectivity index (χ3v) is 2.56. The molecule has 1 heterocycles. The molecule has 0 radical (unpaired) electrons. The van der Waals surface area contributed by atoms with Gasteiger partial charge in [-0.15, -0.1) is 0 Å². The zero-order valence-corrected chi connectivity index (χ0v) is 10.1. The largest absolute Gasteiger partial charge is 0.340 e. The first kappa shape index (κ1) is 13.1. The van der Waals surface area contributed by atoms with Gasteiger partial charge < -0.3 is 4.57 Å². The molecule has 6 heteroatoms. The molecule has 0 saturated carbocycles. The van der Waals surface area contributed by atoms with E-state index in [2.05, 4.69) is 4.98 Å². The Morgan fingerprint density at radius 2 is 2.00 bits per heavy atom. The van der Waals surface area contributed by atoms with E-state index >= 15 is 0 Å². The number of rotatable bonds is 4. The van der Waals surface area contributed by atoms with Crippen molar-refractivity contribution in [2.45, 2.75) is 6.42 Å². The van der Waals surface area contributed by atoms with E-state index in [9.17, 15) is 18.4 Å². The van der Waals surface area contributed by atoms with Gasteiger partial charge in [0, 0.05) is 13.2 Å². The van der Waals surface area contributed by atoms with E-state index in [0.29, 0.717) is 0 Å². The Hall–Kier alpha value is -2.37. The van der Waals surface area contributed by atoms with E-state index in [1.807, 2.05) is 0 Å². The maximum atomic E-state index is 13.4. The Kier molecular flexibility index (Phi) is 3.50. The standard InChI is InChI=1S/C13H10F2N2O2/c1-17-6-10(16-7-17)12(19)5-11(18)8-3-2-4-9(14)13(8)15/h2-4,6-7H,5H2,1H3. The second-order valence-corrected chi connectivity index (χ2v) is 4.05. The first-order chi connectivity index (χ1) is 8.99. The minimum Gasteiger partial charge on any atom is -0.340 e. The predicted octanol–water partition coefficient (Wildman–Crippen LogP) is 2.15. The predicted molar refractivity (Wildman–Crippen MR) is 62.8 cm³/mol. The first-order valence-electron chi connectivity index (χ1n) is 5.47. The monoisotopic (exact) mass is 264 g/mol. The topological polar surface area (TPSA) is 52.0 Å². The summed E-state index contributed by atoms with van der Waals surface area (Å²) >= 11 is 0. The Bertz CT molecular complexity index is 650. The van der Waals surface area contributed by atoms with Crippen LogP contribution in [0.1, 0.15) is 27.3 Å². The van der Waals surface area contributed by atoms with Gasteiger partial charge in [-0.1, -0.05) is 6.07 Å². The van der Waals surface area contributed by atoms with Crippen molar-refractivity contribution in [3.8, 4) is 0 Å². The van der Waals surface area contributed by atoms with Gasteiger partial charge in [0.15, 0.2) is 23.2 Å². The zero-order valence-electron chi connectivity index (χ0n) is 10.1. The fourth-order valence-electron chi connectivity index (χ4n) is 1.61. The molecule has 0 unspecified atom stereocenters. The quantitative estimate of drug-likeness (QED) is 0.628. The number of Topliss-reactive ketones (excluding diaryl/α,β-unsaturated/α-hetero) is 2. The number of hydrogen-bond donors (Lipinski definition) is 0. The van der Waals surface area contributed by atoms with Gasteiger partial charge in [-0.2, -0.15) is 0 Å². The normalized spacial score (nSPS) is 10.5. The number of aryl methyl sites for hydroxylation is 1. The van der Waals surface area contributed by atoms with Gasteiger partial charge in [0.1, 0.15) is 5.69 Å². The lowest BCUT2D eigenvalue weighted by atomic mass is 10.0. The van der Waals surface area contributed by atoms with Gasteiger partial charge >= 0.3 is 0 Å². The maximum Gasteiger partial charge on any atom is 0.190 e. The molecule has 0 aliphatic carbocycles. The molecule has 0 fully saturated rings. The van der Waals surface area contributed by atoms with Crippen LogP contribution in [0.15, 0.2) is 30.7 Å². The van der Waals surface area contributed by atoms with Crippen LogP contribution in [0.5, 0.6) is 0 Å². The van der Waals surface area contributed by atoms with E-state index in [1.54, 1.807) is 11.6 Å². The van der Waals surface area contributed by atoms with Crippen LogP contribution in [-0.4, -0.2) is 21.1 Å². The molecule has 4 nitrogen and oxygen atoms in total. The summed E-state index contributed by atoms with van der Waals surface area (Å²) in [6.45, 7) is 0. The van der Waals surface area contributed by atoms with Crippen LogP contribution in [-0.2, 0) is 7.05 Å². The lowest BCUT2D eigenvalue weighted by molar-refractivity contribution is 0.0889. The average Bonchev–Trinajstić information content (AvgIpc) is 2.79. The molecule has 0 amide bonds. The maximum absolute atomic E-state index is 13.4. The summed E-state index contributed by atoms with van der Waals surface area (Å²) in [4.78, 5) is 27.3. The van der Waals surface area contributed by atoms with Crippen LogP contribution >= 0.6 is 0 Å². The summed E-state index contributed by atoms with van der Waals surface area (Å²) in [5.74, 6) is -3.65. The summed E-state index contributed by atoms with van der Waals surface area (Å²) in [5.41, 5.74) is -0.308. The molecule has 0 aliphatic rings. The van der Waals surface area contributed by atoms with Crippen molar-refractivity contribution in [1.82, 2.24) is 9.55 Å². The van der Waals surface area contributed by atoms with E-state index in [4.69, 9.17) is 0 Å². The molecule has 98 valence electrons. The van der Waals surface area contributed by atoms with Gasteiger partial charge in [-0.25, -0.2) is 13.8 Å². The minimum absolute atomic E-state index is 0.118. The molecule has 0 N–H and O–H groups in total. The molecule has 1 aromatic carbocycles. The first-order valence-corrected chi connectivity index (χ1v) is 5.47. The molecule has 2 rings (SSSR count). The third-order valence-electron chi connectivity index (χ3n) is 2.56. The van der Waals surface area contributed by atoms with Crippen molar-refractivity contribution in [3.05, 3.63) is 53.6 Å². The molecule has 2 aromatic rings. The fraction of sp³-hybridized carbons (Fsp3) is 0.154. The van der Waals surface area contributed by atoms with Gasteiger partial charge in [0.25, 0.3) is 0 Å². The lowest BCUT2D eigenvalue weighted by Gasteiger charge is -2.01. The number of imidazole rings is 1. The molecular weight excluding hydrogens is 254 g/mol. The molecular formula is C13H10F2N2O2. The highest BCUT2D eigenvalue weighted by Gasteiger charge is 2.19. The van der Waals surface area contributed by atoms with Crippen LogP contribution in [0.3, 0.4) is 0 Å². The number of aromatic nitrogens is 2. The summed E-state index contributed by atoms with van der Waals surface area (Å²) in [7, 11) is 1.68. The second-order valence-electron chi connectivity index (χ2n) is 4.05. The highest BCUT2D eigenvalue weighted by atomic mass is 19.2. The Morgan fingerprint density at radius 1 is 1.26 bits per heavy atom. The fourth-order valence-corrected chi connectivity index (χ4v) is 1.61.